The fraction of sp³-hybridized carbons (Fsp3) is 0.500. The molecule has 2 atom stereocenters. The Labute approximate surface area is 111 Å². The molecule has 0 heterocycles. The van der Waals surface area contributed by atoms with Gasteiger partial charge in [0, 0.05) is 23.6 Å². The summed E-state index contributed by atoms with van der Waals surface area (Å²) >= 11 is 0. The first-order valence-electron chi connectivity index (χ1n) is 6.43. The number of ether oxygens (including phenoxy) is 1. The number of nitrogens with one attached hydrogen (secondary N) is 1. The summed E-state index contributed by atoms with van der Waals surface area (Å²) in [5.74, 6) is -1.00. The van der Waals surface area contributed by atoms with Gasteiger partial charge in [-0.15, -0.1) is 0 Å². The average Bonchev–Trinajstić information content (AvgIpc) is 3.17. The van der Waals surface area contributed by atoms with E-state index >= 15 is 0 Å². The smallest absolute Gasteiger partial charge is 0.242 e. The van der Waals surface area contributed by atoms with Gasteiger partial charge in [-0.1, -0.05) is 13.0 Å². The third-order valence-corrected chi connectivity index (χ3v) is 3.07. The van der Waals surface area contributed by atoms with E-state index in [0.717, 1.165) is 6.42 Å². The van der Waals surface area contributed by atoms with Crippen LogP contribution in [0.3, 0.4) is 0 Å². The van der Waals surface area contributed by atoms with E-state index < -0.39 is 18.3 Å². The first kappa shape index (κ1) is 13.8. The number of carbonyl (C=O) groups excluding carboxylic acids is 1. The van der Waals surface area contributed by atoms with Gasteiger partial charge in [0.15, 0.2) is 0 Å². The van der Waals surface area contributed by atoms with Gasteiger partial charge in [0.25, 0.3) is 0 Å². The van der Waals surface area contributed by atoms with Crippen LogP contribution in [0.15, 0.2) is 24.3 Å². The minimum atomic E-state index is -2.41. The molecule has 0 radical (unpaired) electrons. The summed E-state index contributed by atoms with van der Waals surface area (Å²) in [6.45, 7) is 2.61. The molecule has 1 aromatic carbocycles. The molecule has 1 N–H and O–H groups in total. The van der Waals surface area contributed by atoms with Crippen molar-refractivity contribution in [2.45, 2.75) is 26.2 Å². The number of hydrogen-bond acceptors (Lipinski definition) is 2. The highest BCUT2D eigenvalue weighted by Crippen LogP contribution is 2.43. The van der Waals surface area contributed by atoms with Crippen LogP contribution in [0.4, 0.5) is 14.5 Å². The van der Waals surface area contributed by atoms with Crippen LogP contribution in [0, 0.1) is 11.8 Å². The van der Waals surface area contributed by atoms with Crippen LogP contribution in [-0.2, 0) is 4.79 Å². The number of halogens is 2. The van der Waals surface area contributed by atoms with E-state index in [0.29, 0.717) is 18.0 Å². The lowest BCUT2D eigenvalue weighted by molar-refractivity contribution is -0.118. The van der Waals surface area contributed by atoms with E-state index in [1.807, 2.05) is 6.92 Å². The van der Waals surface area contributed by atoms with Crippen molar-refractivity contribution >= 4 is 11.6 Å². The molecule has 0 aliphatic heterocycles. The molecule has 1 fully saturated rings. The summed E-state index contributed by atoms with van der Waals surface area (Å²) in [7, 11) is 0. The Hall–Kier alpha value is -1.65. The van der Waals surface area contributed by atoms with E-state index in [1.165, 1.54) is 0 Å². The van der Waals surface area contributed by atoms with Crippen molar-refractivity contribution in [1.29, 1.82) is 0 Å². The molecule has 1 saturated carbocycles. The van der Waals surface area contributed by atoms with Gasteiger partial charge < -0.3 is 10.1 Å². The zero-order valence-electron chi connectivity index (χ0n) is 10.7. The Morgan fingerprint density at radius 3 is 2.95 bits per heavy atom. The highest BCUT2D eigenvalue weighted by Gasteiger charge is 2.48. The zero-order valence-corrected chi connectivity index (χ0v) is 10.7. The van der Waals surface area contributed by atoms with Crippen molar-refractivity contribution < 1.29 is 18.3 Å². The van der Waals surface area contributed by atoms with Gasteiger partial charge in [-0.3, -0.25) is 4.79 Å². The molecule has 0 aromatic heterocycles. The van der Waals surface area contributed by atoms with Gasteiger partial charge in [0.05, 0.1) is 6.61 Å². The molecule has 3 nitrogen and oxygen atoms in total. The molecular formula is C14H17F2NO2. The first-order valence-corrected chi connectivity index (χ1v) is 6.43. The normalized spacial score (nSPS) is 21.3. The van der Waals surface area contributed by atoms with E-state index in [2.05, 4.69) is 5.32 Å². The molecule has 0 bridgehead atoms. The second-order valence-corrected chi connectivity index (χ2v) is 4.71. The van der Waals surface area contributed by atoms with Crippen LogP contribution < -0.4 is 10.1 Å². The SMILES string of the molecule is CCCOc1cccc(NC(=O)[C@H]2C[C@@H]2C(F)F)c1. The van der Waals surface area contributed by atoms with Crippen molar-refractivity contribution in [2.75, 3.05) is 11.9 Å². The lowest BCUT2D eigenvalue weighted by Gasteiger charge is -2.08. The second kappa shape index (κ2) is 5.99. The van der Waals surface area contributed by atoms with E-state index in [-0.39, 0.29) is 12.3 Å². The molecule has 1 aliphatic rings. The van der Waals surface area contributed by atoms with Crippen LogP contribution in [0.5, 0.6) is 5.75 Å². The molecule has 1 aromatic rings. The van der Waals surface area contributed by atoms with Crippen LogP contribution in [0.1, 0.15) is 19.8 Å². The third kappa shape index (κ3) is 3.66. The number of anilines is 1. The summed E-state index contributed by atoms with van der Waals surface area (Å²) in [6, 6.07) is 6.98. The van der Waals surface area contributed by atoms with E-state index in [1.54, 1.807) is 24.3 Å². The molecule has 2 rings (SSSR count). The summed E-state index contributed by atoms with van der Waals surface area (Å²) in [4.78, 5) is 11.7. The fourth-order valence-electron chi connectivity index (χ4n) is 1.91. The van der Waals surface area contributed by atoms with Gasteiger partial charge >= 0.3 is 0 Å². The minimum absolute atomic E-state index is 0.273. The Morgan fingerprint density at radius 2 is 2.32 bits per heavy atom. The van der Waals surface area contributed by atoms with Crippen molar-refractivity contribution in [3.05, 3.63) is 24.3 Å². The van der Waals surface area contributed by atoms with Crippen molar-refractivity contribution in [3.63, 3.8) is 0 Å². The van der Waals surface area contributed by atoms with E-state index in [4.69, 9.17) is 4.74 Å². The third-order valence-electron chi connectivity index (χ3n) is 3.07. The zero-order chi connectivity index (χ0) is 13.8. The van der Waals surface area contributed by atoms with Crippen LogP contribution in [0.2, 0.25) is 0 Å². The van der Waals surface area contributed by atoms with Gasteiger partial charge in [-0.05, 0) is 25.0 Å². The number of rotatable bonds is 6. The summed E-state index contributed by atoms with van der Waals surface area (Å²) in [5, 5.41) is 2.65. The number of benzene rings is 1. The Bertz CT molecular complexity index is 451. The second-order valence-electron chi connectivity index (χ2n) is 4.71. The van der Waals surface area contributed by atoms with Crippen molar-refractivity contribution in [1.82, 2.24) is 0 Å². The van der Waals surface area contributed by atoms with Gasteiger partial charge in [-0.25, -0.2) is 8.78 Å². The van der Waals surface area contributed by atoms with Crippen molar-refractivity contribution in [3.8, 4) is 5.75 Å². The Kier molecular flexibility index (Phi) is 4.35. The van der Waals surface area contributed by atoms with Gasteiger partial charge in [0.1, 0.15) is 5.75 Å². The van der Waals surface area contributed by atoms with E-state index in [9.17, 15) is 13.6 Å². The monoisotopic (exact) mass is 269 g/mol. The highest BCUT2D eigenvalue weighted by atomic mass is 19.3. The molecule has 0 saturated heterocycles. The summed E-state index contributed by atoms with van der Waals surface area (Å²) < 4.78 is 30.2. The molecule has 1 aliphatic carbocycles. The number of hydrogen-bond donors (Lipinski definition) is 1. The van der Waals surface area contributed by atoms with Crippen LogP contribution in [-0.4, -0.2) is 18.9 Å². The lowest BCUT2D eigenvalue weighted by Crippen LogP contribution is -2.16. The Morgan fingerprint density at radius 1 is 1.53 bits per heavy atom. The lowest BCUT2D eigenvalue weighted by atomic mass is 10.2. The first-order chi connectivity index (χ1) is 9.11. The highest BCUT2D eigenvalue weighted by molar-refractivity contribution is 5.94. The molecule has 0 spiro atoms. The molecule has 1 amide bonds. The number of alkyl halides is 2. The average molecular weight is 269 g/mol. The molecule has 5 heteroatoms. The summed E-state index contributed by atoms with van der Waals surface area (Å²) in [5.41, 5.74) is 0.582. The maximum atomic E-state index is 12.4. The maximum absolute atomic E-state index is 12.4. The largest absolute Gasteiger partial charge is 0.494 e. The van der Waals surface area contributed by atoms with Crippen molar-refractivity contribution in [2.24, 2.45) is 11.8 Å². The van der Waals surface area contributed by atoms with Crippen LogP contribution >= 0.6 is 0 Å². The standard InChI is InChI=1S/C14H17F2NO2/c1-2-6-19-10-5-3-4-9(7-10)17-14(18)12-8-11(12)13(15)16/h3-5,7,11-13H,2,6,8H2,1H3,(H,17,18)/t11-,12-/m0/s1. The minimum Gasteiger partial charge on any atom is -0.494 e. The number of carbonyl (C=O) groups is 1. The maximum Gasteiger partial charge on any atom is 0.242 e. The van der Waals surface area contributed by atoms with Gasteiger partial charge in [-0.2, -0.15) is 0 Å². The predicted octanol–water partition coefficient (Wildman–Crippen LogP) is 3.32. The molecule has 0 unspecified atom stereocenters. The molecule has 104 valence electrons. The molecule has 19 heavy (non-hydrogen) atoms. The van der Waals surface area contributed by atoms with Crippen LogP contribution in [0.25, 0.3) is 0 Å². The topological polar surface area (TPSA) is 38.3 Å². The fourth-order valence-corrected chi connectivity index (χ4v) is 1.91. The quantitative estimate of drug-likeness (QED) is 0.860. The summed E-state index contributed by atoms with van der Waals surface area (Å²) in [6.07, 6.45) is -1.24. The predicted molar refractivity (Wildman–Crippen MR) is 68.5 cm³/mol. The van der Waals surface area contributed by atoms with Gasteiger partial charge in [0.2, 0.25) is 12.3 Å². The Balaban J connectivity index is 1.90. The number of amides is 1. The molecular weight excluding hydrogens is 252 g/mol.